The second-order valence-corrected chi connectivity index (χ2v) is 19.9. The number of aliphatic carboxylic acids is 1. The zero-order valence-electron chi connectivity index (χ0n) is 32.6. The molecule has 2 N–H and O–H groups in total. The molecule has 1 aliphatic heterocycles. The summed E-state index contributed by atoms with van der Waals surface area (Å²) >= 11 is 0. The van der Waals surface area contributed by atoms with E-state index in [4.69, 9.17) is 0 Å². The fraction of sp³-hybridized carbons (Fsp3) is 0.837. The van der Waals surface area contributed by atoms with Crippen LogP contribution in [-0.4, -0.2) is 69.9 Å². The second kappa shape index (κ2) is 12.2. The van der Waals surface area contributed by atoms with Crippen molar-refractivity contribution in [1.82, 2.24) is 15.1 Å². The largest absolute Gasteiger partial charge is 0.481 e. The van der Waals surface area contributed by atoms with Crippen molar-refractivity contribution in [1.29, 1.82) is 0 Å². The van der Waals surface area contributed by atoms with E-state index < -0.39 is 11.5 Å². The third-order valence-electron chi connectivity index (χ3n) is 17.4. The summed E-state index contributed by atoms with van der Waals surface area (Å²) in [5.41, 5.74) is 3.40. The van der Waals surface area contributed by atoms with Gasteiger partial charge in [0.05, 0.1) is 5.92 Å². The number of hydrogen-bond acceptors (Lipinski definition) is 4. The molecule has 50 heavy (non-hydrogen) atoms. The molecule has 1 heterocycles. The summed E-state index contributed by atoms with van der Waals surface area (Å²) in [4.78, 5) is 41.0. The van der Waals surface area contributed by atoms with Gasteiger partial charge >= 0.3 is 5.97 Å². The summed E-state index contributed by atoms with van der Waals surface area (Å²) in [5.74, 6) is 1.99. The van der Waals surface area contributed by atoms with Gasteiger partial charge in [-0.2, -0.15) is 0 Å². The van der Waals surface area contributed by atoms with Crippen LogP contribution in [0.3, 0.4) is 0 Å². The molecule has 9 atom stereocenters. The highest BCUT2D eigenvalue weighted by atomic mass is 16.4. The molecule has 1 saturated heterocycles. The van der Waals surface area contributed by atoms with Crippen molar-refractivity contribution < 1.29 is 19.5 Å². The minimum Gasteiger partial charge on any atom is -0.481 e. The van der Waals surface area contributed by atoms with Gasteiger partial charge in [0.15, 0.2) is 0 Å². The molecule has 7 heteroatoms. The topological polar surface area (TPSA) is 90.0 Å². The van der Waals surface area contributed by atoms with E-state index >= 15 is 0 Å². The van der Waals surface area contributed by atoms with Crippen LogP contribution in [0, 0.1) is 51.2 Å². The first-order chi connectivity index (χ1) is 23.4. The molecule has 4 saturated carbocycles. The number of nitrogens with zero attached hydrogens (tertiary/aromatic N) is 2. The predicted molar refractivity (Wildman–Crippen MR) is 198 cm³/mol. The quantitative estimate of drug-likeness (QED) is 0.295. The van der Waals surface area contributed by atoms with E-state index in [1.807, 2.05) is 18.7 Å². The molecule has 0 bridgehead atoms. The van der Waals surface area contributed by atoms with Gasteiger partial charge in [-0.25, -0.2) is 0 Å². The van der Waals surface area contributed by atoms with Crippen molar-refractivity contribution >= 4 is 17.8 Å². The number of carboxylic acids is 1. The lowest BCUT2D eigenvalue weighted by atomic mass is 9.33. The van der Waals surface area contributed by atoms with Gasteiger partial charge in [-0.3, -0.25) is 14.4 Å². The fourth-order valence-electron chi connectivity index (χ4n) is 14.6. The smallest absolute Gasteiger partial charge is 0.306 e. The van der Waals surface area contributed by atoms with E-state index in [0.29, 0.717) is 54.6 Å². The Labute approximate surface area is 302 Å². The number of hydrogen-bond donors (Lipinski definition) is 2. The van der Waals surface area contributed by atoms with E-state index in [9.17, 15) is 19.5 Å². The number of carboxylic acid groups (broad SMARTS) is 1. The summed E-state index contributed by atoms with van der Waals surface area (Å²) in [6, 6.07) is 0. The maximum absolute atomic E-state index is 13.4. The zero-order chi connectivity index (χ0) is 36.1. The molecule has 7 unspecified atom stereocenters. The summed E-state index contributed by atoms with van der Waals surface area (Å²) in [7, 11) is 0. The Kier molecular flexibility index (Phi) is 8.84. The minimum absolute atomic E-state index is 0.0206. The molecule has 5 fully saturated rings. The Morgan fingerprint density at radius 1 is 0.860 bits per heavy atom. The molecule has 0 radical (unpaired) electrons. The first-order valence-corrected chi connectivity index (χ1v) is 20.4. The molecule has 0 aromatic rings. The van der Waals surface area contributed by atoms with Crippen LogP contribution in [-0.2, 0) is 14.4 Å². The molecule has 7 nitrogen and oxygen atoms in total. The van der Waals surface area contributed by atoms with Gasteiger partial charge in [0.2, 0.25) is 11.8 Å². The highest BCUT2D eigenvalue weighted by Gasteiger charge is 2.69. The van der Waals surface area contributed by atoms with Gasteiger partial charge < -0.3 is 20.2 Å². The van der Waals surface area contributed by atoms with Crippen molar-refractivity contribution in [3.05, 3.63) is 23.3 Å². The highest BCUT2D eigenvalue weighted by Crippen LogP contribution is 2.76. The Morgan fingerprint density at radius 2 is 1.62 bits per heavy atom. The Morgan fingerprint density at radius 3 is 2.30 bits per heavy atom. The number of piperazine rings is 1. The van der Waals surface area contributed by atoms with E-state index in [-0.39, 0.29) is 34.1 Å². The number of allylic oxidation sites excluding steroid dienone is 4. The van der Waals surface area contributed by atoms with Crippen LogP contribution < -0.4 is 5.32 Å². The van der Waals surface area contributed by atoms with Crippen LogP contribution in [0.4, 0.5) is 0 Å². The van der Waals surface area contributed by atoms with Crippen LogP contribution in [0.25, 0.3) is 0 Å². The molecule has 7 aliphatic rings. The van der Waals surface area contributed by atoms with Crippen molar-refractivity contribution in [3.63, 3.8) is 0 Å². The SMILES string of the molecule is CC(=O)N1CCN(CCNC23CCCC2C2CCC4C(C)(CCC5C(C)(C)C(C6=CCC(C(=O)O)CC6)=CC[C@@]54C)[C@]2(C)CC3)C(=O)C1(C)C. The summed E-state index contributed by atoms with van der Waals surface area (Å²) in [6.07, 6.45) is 20.1. The Bertz CT molecular complexity index is 1480. The molecule has 278 valence electrons. The van der Waals surface area contributed by atoms with Crippen LogP contribution in [0.1, 0.15) is 139 Å². The van der Waals surface area contributed by atoms with E-state index in [0.717, 1.165) is 31.7 Å². The number of rotatable bonds is 6. The van der Waals surface area contributed by atoms with E-state index in [1.54, 1.807) is 11.8 Å². The first-order valence-electron chi connectivity index (χ1n) is 20.4. The Balaban J connectivity index is 1.07. The number of amides is 2. The van der Waals surface area contributed by atoms with Crippen LogP contribution in [0.15, 0.2) is 23.3 Å². The van der Waals surface area contributed by atoms with Crippen molar-refractivity contribution in [2.24, 2.45) is 51.2 Å². The van der Waals surface area contributed by atoms with Gasteiger partial charge in [-0.15, -0.1) is 0 Å². The fourth-order valence-corrected chi connectivity index (χ4v) is 14.6. The Hall–Kier alpha value is -2.15. The number of carbonyl (C=O) groups excluding carboxylic acids is 2. The number of fused-ring (bicyclic) bond motifs is 7. The van der Waals surface area contributed by atoms with Crippen LogP contribution >= 0.6 is 0 Å². The lowest BCUT2D eigenvalue weighted by Gasteiger charge is -2.72. The van der Waals surface area contributed by atoms with Gasteiger partial charge in [-0.05, 0) is 147 Å². The predicted octanol–water partition coefficient (Wildman–Crippen LogP) is 8.00. The van der Waals surface area contributed by atoms with Crippen molar-refractivity contribution in [2.75, 3.05) is 26.2 Å². The van der Waals surface area contributed by atoms with Crippen LogP contribution in [0.2, 0.25) is 0 Å². The average Bonchev–Trinajstić information content (AvgIpc) is 3.47. The molecule has 7 rings (SSSR count). The van der Waals surface area contributed by atoms with E-state index in [1.165, 1.54) is 68.9 Å². The second-order valence-electron chi connectivity index (χ2n) is 19.9. The molecule has 2 amide bonds. The number of carbonyl (C=O) groups is 3. The minimum atomic E-state index is -0.779. The lowest BCUT2D eigenvalue weighted by molar-refractivity contribution is -0.218. The molecule has 0 aromatic carbocycles. The van der Waals surface area contributed by atoms with Crippen LogP contribution in [0.5, 0.6) is 0 Å². The standard InChI is InChI=1S/C43H67N3O4/c1-28(47)46-27-26-45(37(50)39(46,4)5)25-24-44-43-19-9-10-33(43)32-15-16-35-40(6)20-17-31(29-11-13-30(14-12-29)36(48)49)38(2,3)34(40)18-21-42(35,8)41(32,7)22-23-43/h11,17,30,32-35,44H,9-10,12-16,18-27H2,1-8H3,(H,48,49)/t30?,32?,33?,34?,35?,40-,41+,42?,43?/m0/s1. The highest BCUT2D eigenvalue weighted by molar-refractivity contribution is 5.91. The maximum Gasteiger partial charge on any atom is 0.306 e. The summed E-state index contributed by atoms with van der Waals surface area (Å²) < 4.78 is 0. The van der Waals surface area contributed by atoms with Gasteiger partial charge in [-0.1, -0.05) is 53.2 Å². The maximum atomic E-state index is 13.4. The van der Waals surface area contributed by atoms with Crippen molar-refractivity contribution in [3.8, 4) is 0 Å². The molecule has 0 aromatic heterocycles. The monoisotopic (exact) mass is 690 g/mol. The average molecular weight is 690 g/mol. The normalized spacial score (nSPS) is 43.5. The first kappa shape index (κ1) is 36.2. The summed E-state index contributed by atoms with van der Waals surface area (Å²) in [6.45, 7) is 21.3. The lowest BCUT2D eigenvalue weighted by Crippen LogP contribution is -2.68. The van der Waals surface area contributed by atoms with Gasteiger partial charge in [0.25, 0.3) is 0 Å². The summed E-state index contributed by atoms with van der Waals surface area (Å²) in [5, 5.41) is 13.7. The van der Waals surface area contributed by atoms with Gasteiger partial charge in [0.1, 0.15) is 5.54 Å². The molecular formula is C43H67N3O4. The third-order valence-corrected chi connectivity index (χ3v) is 17.4. The molecule has 6 aliphatic carbocycles. The third kappa shape index (κ3) is 5.15. The molecular weight excluding hydrogens is 622 g/mol. The molecule has 0 spiro atoms. The zero-order valence-corrected chi connectivity index (χ0v) is 32.6. The number of nitrogens with one attached hydrogen (secondary N) is 1. The van der Waals surface area contributed by atoms with Crippen molar-refractivity contribution in [2.45, 2.75) is 150 Å². The van der Waals surface area contributed by atoms with Gasteiger partial charge in [0, 0.05) is 38.6 Å². The van der Waals surface area contributed by atoms with E-state index in [2.05, 4.69) is 52.1 Å².